The maximum absolute atomic E-state index is 5.82. The van der Waals surface area contributed by atoms with E-state index in [9.17, 15) is 0 Å². The zero-order valence-corrected chi connectivity index (χ0v) is 12.6. The van der Waals surface area contributed by atoms with Gasteiger partial charge in [0.25, 0.3) is 0 Å². The monoisotopic (exact) mass is 242 g/mol. The molecule has 0 aromatic heterocycles. The first-order chi connectivity index (χ1) is 7.56. The fraction of sp³-hybridized carbons (Fsp3) is 0.857. The molecule has 0 rings (SSSR count). The maximum atomic E-state index is 5.82. The molecule has 0 saturated carbocycles. The van der Waals surface area contributed by atoms with Gasteiger partial charge in [0, 0.05) is 6.61 Å². The van der Waals surface area contributed by atoms with E-state index in [0.717, 1.165) is 6.61 Å². The zero-order valence-electron chi connectivity index (χ0n) is 11.6. The fourth-order valence-electron chi connectivity index (χ4n) is 1.65. The quantitative estimate of drug-likeness (QED) is 0.277. The van der Waals surface area contributed by atoms with Gasteiger partial charge in [-0.25, -0.2) is 0 Å². The average molecular weight is 242 g/mol. The largest absolute Gasteiger partial charge is 0.418 e. The van der Waals surface area contributed by atoms with E-state index in [1.807, 2.05) is 6.08 Å². The van der Waals surface area contributed by atoms with Gasteiger partial charge in [0.1, 0.15) is 0 Å². The summed E-state index contributed by atoms with van der Waals surface area (Å²) < 4.78 is 5.82. The van der Waals surface area contributed by atoms with E-state index in [1.54, 1.807) is 0 Å². The second-order valence-corrected chi connectivity index (χ2v) is 10.0. The zero-order chi connectivity index (χ0) is 12.3. The molecule has 0 heterocycles. The van der Waals surface area contributed by atoms with Crippen LogP contribution in [-0.4, -0.2) is 14.9 Å². The minimum absolute atomic E-state index is 0.978. The van der Waals surface area contributed by atoms with Crippen molar-refractivity contribution in [1.29, 1.82) is 0 Å². The predicted molar refractivity (Wildman–Crippen MR) is 76.4 cm³/mol. The molecule has 0 N–H and O–H groups in total. The highest BCUT2D eigenvalue weighted by Crippen LogP contribution is 2.10. The molecular formula is C14H30OSi. The minimum Gasteiger partial charge on any atom is -0.418 e. The van der Waals surface area contributed by atoms with Crippen molar-refractivity contribution in [3.05, 3.63) is 12.7 Å². The fourth-order valence-corrected chi connectivity index (χ4v) is 2.41. The van der Waals surface area contributed by atoms with E-state index in [2.05, 4.69) is 26.2 Å². The van der Waals surface area contributed by atoms with E-state index in [1.165, 1.54) is 51.4 Å². The molecule has 16 heavy (non-hydrogen) atoms. The maximum Gasteiger partial charge on any atom is 0.183 e. The van der Waals surface area contributed by atoms with Crippen molar-refractivity contribution < 1.29 is 4.43 Å². The van der Waals surface area contributed by atoms with Crippen LogP contribution in [0.1, 0.15) is 51.4 Å². The molecule has 0 aliphatic rings. The Hall–Kier alpha value is -0.0831. The molecule has 0 aliphatic carbocycles. The lowest BCUT2D eigenvalue weighted by Crippen LogP contribution is -2.25. The second kappa shape index (κ2) is 10.1. The predicted octanol–water partition coefficient (Wildman–Crippen LogP) is 5.14. The molecule has 0 atom stereocenters. The lowest BCUT2D eigenvalue weighted by Gasteiger charge is -2.16. The number of hydrogen-bond donors (Lipinski definition) is 0. The topological polar surface area (TPSA) is 9.23 Å². The van der Waals surface area contributed by atoms with Crippen molar-refractivity contribution in [1.82, 2.24) is 0 Å². The number of hydrogen-bond acceptors (Lipinski definition) is 1. The number of allylic oxidation sites excluding steroid dienone is 1. The SMILES string of the molecule is C=CCCCCCCCCCO[Si](C)(C)C. The first-order valence-electron chi connectivity index (χ1n) is 6.81. The van der Waals surface area contributed by atoms with E-state index in [-0.39, 0.29) is 0 Å². The normalized spacial score (nSPS) is 11.7. The van der Waals surface area contributed by atoms with Gasteiger partial charge in [0.15, 0.2) is 8.32 Å². The highest BCUT2D eigenvalue weighted by molar-refractivity contribution is 6.69. The summed E-state index contributed by atoms with van der Waals surface area (Å²) in [5, 5.41) is 0. The lowest BCUT2D eigenvalue weighted by molar-refractivity contribution is 0.298. The summed E-state index contributed by atoms with van der Waals surface area (Å²) in [6.45, 7) is 11.5. The summed E-state index contributed by atoms with van der Waals surface area (Å²) in [6, 6.07) is 0. The summed E-state index contributed by atoms with van der Waals surface area (Å²) in [5.74, 6) is 0. The van der Waals surface area contributed by atoms with Gasteiger partial charge in [0.05, 0.1) is 0 Å². The van der Waals surface area contributed by atoms with Gasteiger partial charge in [-0.05, 0) is 38.9 Å². The Balaban J connectivity index is 3.01. The molecule has 0 bridgehead atoms. The van der Waals surface area contributed by atoms with Crippen molar-refractivity contribution in [2.45, 2.75) is 71.0 Å². The molecule has 0 fully saturated rings. The third-order valence-electron chi connectivity index (χ3n) is 2.59. The van der Waals surface area contributed by atoms with E-state index >= 15 is 0 Å². The third kappa shape index (κ3) is 13.9. The first kappa shape index (κ1) is 15.9. The molecule has 1 nitrogen and oxygen atoms in total. The Morgan fingerprint density at radius 1 is 0.875 bits per heavy atom. The van der Waals surface area contributed by atoms with Crippen LogP contribution in [0.25, 0.3) is 0 Å². The van der Waals surface area contributed by atoms with Gasteiger partial charge in [0.2, 0.25) is 0 Å². The molecular weight excluding hydrogens is 212 g/mol. The Kier molecular flexibility index (Phi) is 10.0. The number of unbranched alkanes of at least 4 members (excludes halogenated alkanes) is 7. The van der Waals surface area contributed by atoms with Crippen LogP contribution in [0, 0.1) is 0 Å². The van der Waals surface area contributed by atoms with Crippen molar-refractivity contribution in [3.8, 4) is 0 Å². The van der Waals surface area contributed by atoms with Crippen LogP contribution in [0.3, 0.4) is 0 Å². The Labute approximate surface area is 103 Å². The van der Waals surface area contributed by atoms with Crippen LogP contribution in [0.15, 0.2) is 12.7 Å². The van der Waals surface area contributed by atoms with Crippen LogP contribution in [0.2, 0.25) is 19.6 Å². The molecule has 96 valence electrons. The van der Waals surface area contributed by atoms with Crippen LogP contribution in [0.5, 0.6) is 0 Å². The molecule has 0 aromatic rings. The first-order valence-corrected chi connectivity index (χ1v) is 10.2. The highest BCUT2D eigenvalue weighted by atomic mass is 28.4. The van der Waals surface area contributed by atoms with Gasteiger partial charge in [-0.15, -0.1) is 6.58 Å². The standard InChI is InChI=1S/C14H30OSi/c1-5-6-7-8-9-10-11-12-13-14-15-16(2,3)4/h5H,1,6-14H2,2-4H3. The van der Waals surface area contributed by atoms with Crippen LogP contribution in [0.4, 0.5) is 0 Å². The molecule has 0 spiro atoms. The molecule has 0 aromatic carbocycles. The summed E-state index contributed by atoms with van der Waals surface area (Å²) in [6.07, 6.45) is 12.6. The Bertz CT molecular complexity index is 161. The van der Waals surface area contributed by atoms with E-state index < -0.39 is 8.32 Å². The van der Waals surface area contributed by atoms with Gasteiger partial charge < -0.3 is 4.43 Å². The second-order valence-electron chi connectivity index (χ2n) is 5.51. The lowest BCUT2D eigenvalue weighted by atomic mass is 10.1. The van der Waals surface area contributed by atoms with Crippen molar-refractivity contribution in [2.75, 3.05) is 6.61 Å². The van der Waals surface area contributed by atoms with Gasteiger partial charge >= 0.3 is 0 Å². The van der Waals surface area contributed by atoms with Crippen LogP contribution >= 0.6 is 0 Å². The number of rotatable bonds is 11. The van der Waals surface area contributed by atoms with Crippen molar-refractivity contribution >= 4 is 8.32 Å². The third-order valence-corrected chi connectivity index (χ3v) is 3.66. The van der Waals surface area contributed by atoms with Crippen LogP contribution < -0.4 is 0 Å². The van der Waals surface area contributed by atoms with Gasteiger partial charge in [-0.1, -0.05) is 38.2 Å². The van der Waals surface area contributed by atoms with Crippen molar-refractivity contribution in [3.63, 3.8) is 0 Å². The molecule has 0 aliphatic heterocycles. The van der Waals surface area contributed by atoms with Gasteiger partial charge in [-0.2, -0.15) is 0 Å². The average Bonchev–Trinajstić information content (AvgIpc) is 2.19. The van der Waals surface area contributed by atoms with Gasteiger partial charge in [-0.3, -0.25) is 0 Å². The molecule has 0 unspecified atom stereocenters. The van der Waals surface area contributed by atoms with E-state index in [0.29, 0.717) is 0 Å². The summed E-state index contributed by atoms with van der Waals surface area (Å²) in [7, 11) is -1.26. The Morgan fingerprint density at radius 2 is 1.38 bits per heavy atom. The molecule has 0 saturated heterocycles. The van der Waals surface area contributed by atoms with Crippen molar-refractivity contribution in [2.24, 2.45) is 0 Å². The molecule has 0 radical (unpaired) electrons. The van der Waals surface area contributed by atoms with E-state index in [4.69, 9.17) is 4.43 Å². The Morgan fingerprint density at radius 3 is 1.88 bits per heavy atom. The molecule has 0 amide bonds. The minimum atomic E-state index is -1.26. The summed E-state index contributed by atoms with van der Waals surface area (Å²) in [4.78, 5) is 0. The summed E-state index contributed by atoms with van der Waals surface area (Å²) >= 11 is 0. The highest BCUT2D eigenvalue weighted by Gasteiger charge is 2.12. The smallest absolute Gasteiger partial charge is 0.183 e. The van der Waals surface area contributed by atoms with Crippen LogP contribution in [-0.2, 0) is 4.43 Å². The molecule has 2 heteroatoms. The summed E-state index contributed by atoms with van der Waals surface area (Å²) in [5.41, 5.74) is 0.